The standard InChI is InChI=1S/C18H30N6O.HI/c1-12-15(11-21-24(12)3)17-13(9-16(25)23(17)2)10-20-18(19)22-14-7-5-4-6-8-14;/h11,13-14,17H,4-10H2,1-3H3,(H3,19,20,22);1H/t13-,17+;/m0./s1. The summed E-state index contributed by atoms with van der Waals surface area (Å²) < 4.78 is 1.85. The summed E-state index contributed by atoms with van der Waals surface area (Å²) in [5.74, 6) is 0.801. The lowest BCUT2D eigenvalue weighted by atomic mass is 9.94. The molecule has 1 aliphatic carbocycles. The van der Waals surface area contributed by atoms with Gasteiger partial charge >= 0.3 is 0 Å². The van der Waals surface area contributed by atoms with Gasteiger partial charge in [0.2, 0.25) is 5.91 Å². The van der Waals surface area contributed by atoms with E-state index in [2.05, 4.69) is 15.4 Å². The number of rotatable bonds is 4. The number of aliphatic imine (C=N–C) groups is 1. The van der Waals surface area contributed by atoms with Crippen LogP contribution in [-0.2, 0) is 11.8 Å². The van der Waals surface area contributed by atoms with Crippen molar-refractivity contribution in [2.45, 2.75) is 57.5 Å². The van der Waals surface area contributed by atoms with Crippen LogP contribution in [0.2, 0.25) is 0 Å². The molecule has 0 aromatic carbocycles. The second kappa shape index (κ2) is 9.05. The zero-order valence-electron chi connectivity index (χ0n) is 15.9. The van der Waals surface area contributed by atoms with E-state index >= 15 is 0 Å². The quantitative estimate of drug-likeness (QED) is 0.398. The largest absolute Gasteiger partial charge is 0.370 e. The summed E-state index contributed by atoms with van der Waals surface area (Å²) in [6.07, 6.45) is 8.55. The number of carbonyl (C=O) groups excluding carboxylic acids is 1. The van der Waals surface area contributed by atoms with Gasteiger partial charge in [0.1, 0.15) is 0 Å². The van der Waals surface area contributed by atoms with Crippen LogP contribution in [0.5, 0.6) is 0 Å². The van der Waals surface area contributed by atoms with Gasteiger partial charge in [-0.25, -0.2) is 0 Å². The van der Waals surface area contributed by atoms with Crippen molar-refractivity contribution in [3.63, 3.8) is 0 Å². The first kappa shape index (κ1) is 21.0. The molecule has 2 atom stereocenters. The Balaban J connectivity index is 0.00000243. The van der Waals surface area contributed by atoms with Crippen LogP contribution in [0.3, 0.4) is 0 Å². The molecule has 2 aliphatic rings. The van der Waals surface area contributed by atoms with Crippen LogP contribution in [0.15, 0.2) is 11.2 Å². The monoisotopic (exact) mass is 474 g/mol. The number of aromatic nitrogens is 2. The molecule has 1 saturated heterocycles. The number of halogens is 1. The Hall–Kier alpha value is -1.32. The van der Waals surface area contributed by atoms with Gasteiger partial charge in [-0.2, -0.15) is 5.10 Å². The van der Waals surface area contributed by atoms with Crippen molar-refractivity contribution in [1.29, 1.82) is 0 Å². The predicted octanol–water partition coefficient (Wildman–Crippen LogP) is 2.10. The molecule has 0 spiro atoms. The van der Waals surface area contributed by atoms with E-state index in [1.54, 1.807) is 0 Å². The van der Waals surface area contributed by atoms with Crippen LogP contribution < -0.4 is 11.1 Å². The maximum atomic E-state index is 12.3. The molecule has 0 unspecified atom stereocenters. The fourth-order valence-corrected chi connectivity index (χ4v) is 4.10. The van der Waals surface area contributed by atoms with Crippen molar-refractivity contribution >= 4 is 35.8 Å². The Bertz CT molecular complexity index is 652. The molecule has 2 heterocycles. The third-order valence-electron chi connectivity index (χ3n) is 5.74. The van der Waals surface area contributed by atoms with Gasteiger partial charge in [0.25, 0.3) is 0 Å². The lowest BCUT2D eigenvalue weighted by Crippen LogP contribution is -2.41. The van der Waals surface area contributed by atoms with Crippen molar-refractivity contribution in [2.75, 3.05) is 13.6 Å². The number of amides is 1. The van der Waals surface area contributed by atoms with Crippen LogP contribution in [0.1, 0.15) is 55.8 Å². The topological polar surface area (TPSA) is 88.5 Å². The van der Waals surface area contributed by atoms with Gasteiger partial charge in [0.15, 0.2) is 5.96 Å². The SMILES string of the molecule is Cc1c([C@H]2[C@H](CN=C(N)NC3CCCCC3)CC(=O)N2C)cnn1C.I. The van der Waals surface area contributed by atoms with E-state index in [-0.39, 0.29) is 41.8 Å². The summed E-state index contributed by atoms with van der Waals surface area (Å²) in [5.41, 5.74) is 8.29. The van der Waals surface area contributed by atoms with Gasteiger partial charge in [-0.3, -0.25) is 14.5 Å². The molecule has 3 rings (SSSR count). The fraction of sp³-hybridized carbons (Fsp3) is 0.722. The highest BCUT2D eigenvalue weighted by Gasteiger charge is 2.39. The third kappa shape index (κ3) is 4.50. The van der Waals surface area contributed by atoms with Gasteiger partial charge in [-0.1, -0.05) is 19.3 Å². The molecule has 1 aliphatic heterocycles. The number of likely N-dealkylation sites (tertiary alicyclic amines) is 1. The van der Waals surface area contributed by atoms with E-state index in [0.717, 1.165) is 11.3 Å². The number of carbonyl (C=O) groups is 1. The lowest BCUT2D eigenvalue weighted by molar-refractivity contribution is -0.127. The summed E-state index contributed by atoms with van der Waals surface area (Å²) in [5, 5.41) is 7.68. The van der Waals surface area contributed by atoms with Crippen LogP contribution >= 0.6 is 24.0 Å². The second-order valence-electron chi connectivity index (χ2n) is 7.43. The highest BCUT2D eigenvalue weighted by Crippen LogP contribution is 2.38. The summed E-state index contributed by atoms with van der Waals surface area (Å²) in [4.78, 5) is 18.6. The smallest absolute Gasteiger partial charge is 0.223 e. The first-order valence-electron chi connectivity index (χ1n) is 9.28. The first-order chi connectivity index (χ1) is 12.0. The Morgan fingerprint density at radius 3 is 2.65 bits per heavy atom. The average molecular weight is 474 g/mol. The number of hydrogen-bond donors (Lipinski definition) is 2. The molecule has 1 aromatic rings. The Labute approximate surface area is 172 Å². The maximum Gasteiger partial charge on any atom is 0.223 e. The zero-order chi connectivity index (χ0) is 18.0. The second-order valence-corrected chi connectivity index (χ2v) is 7.43. The molecule has 3 N–H and O–H groups in total. The summed E-state index contributed by atoms with van der Waals surface area (Å²) in [6, 6.07) is 0.467. The maximum absolute atomic E-state index is 12.3. The van der Waals surface area contributed by atoms with Gasteiger partial charge in [0.05, 0.1) is 12.2 Å². The molecule has 1 aromatic heterocycles. The van der Waals surface area contributed by atoms with Crippen LogP contribution in [-0.4, -0.2) is 46.2 Å². The number of nitrogens with zero attached hydrogens (tertiary/aromatic N) is 4. The number of nitrogens with one attached hydrogen (secondary N) is 1. The highest BCUT2D eigenvalue weighted by molar-refractivity contribution is 14.0. The number of guanidine groups is 1. The molecule has 0 radical (unpaired) electrons. The van der Waals surface area contributed by atoms with Crippen LogP contribution in [0.25, 0.3) is 0 Å². The van der Waals surface area contributed by atoms with E-state index < -0.39 is 0 Å². The normalized spacial score (nSPS) is 24.7. The molecule has 1 amide bonds. The van der Waals surface area contributed by atoms with Crippen molar-refractivity contribution in [3.05, 3.63) is 17.5 Å². The molecular weight excluding hydrogens is 443 g/mol. The van der Waals surface area contributed by atoms with Crippen molar-refractivity contribution in [3.8, 4) is 0 Å². The Morgan fingerprint density at radius 2 is 2.04 bits per heavy atom. The minimum Gasteiger partial charge on any atom is -0.370 e. The molecule has 1 saturated carbocycles. The predicted molar refractivity (Wildman–Crippen MR) is 113 cm³/mol. The average Bonchev–Trinajstić information content (AvgIpc) is 3.06. The summed E-state index contributed by atoms with van der Waals surface area (Å²) in [7, 11) is 3.79. The molecular formula is C18H31IN6O. The molecule has 8 heteroatoms. The minimum atomic E-state index is 0. The van der Waals surface area contributed by atoms with Crippen LogP contribution in [0, 0.1) is 12.8 Å². The molecule has 2 fully saturated rings. The molecule has 7 nitrogen and oxygen atoms in total. The molecule has 146 valence electrons. The van der Waals surface area contributed by atoms with Crippen molar-refractivity contribution in [2.24, 2.45) is 23.7 Å². The van der Waals surface area contributed by atoms with E-state index in [9.17, 15) is 4.79 Å². The number of hydrogen-bond acceptors (Lipinski definition) is 3. The third-order valence-corrected chi connectivity index (χ3v) is 5.74. The Morgan fingerprint density at radius 1 is 1.35 bits per heavy atom. The Kier molecular flexibility index (Phi) is 7.31. The first-order valence-corrected chi connectivity index (χ1v) is 9.28. The van der Waals surface area contributed by atoms with Gasteiger partial charge in [-0.15, -0.1) is 24.0 Å². The molecule has 0 bridgehead atoms. The van der Waals surface area contributed by atoms with Crippen LogP contribution in [0.4, 0.5) is 0 Å². The van der Waals surface area contributed by atoms with Gasteiger partial charge in [-0.05, 0) is 19.8 Å². The van der Waals surface area contributed by atoms with E-state index in [4.69, 9.17) is 5.73 Å². The van der Waals surface area contributed by atoms with Crippen molar-refractivity contribution in [1.82, 2.24) is 20.0 Å². The zero-order valence-corrected chi connectivity index (χ0v) is 18.3. The number of nitrogens with two attached hydrogens (primary N) is 1. The lowest BCUT2D eigenvalue weighted by Gasteiger charge is -2.25. The van der Waals surface area contributed by atoms with E-state index in [0.29, 0.717) is 25.0 Å². The fourth-order valence-electron chi connectivity index (χ4n) is 4.10. The number of aryl methyl sites for hydroxylation is 1. The summed E-state index contributed by atoms with van der Waals surface area (Å²) >= 11 is 0. The van der Waals surface area contributed by atoms with E-state index in [1.807, 2.05) is 36.8 Å². The summed E-state index contributed by atoms with van der Waals surface area (Å²) in [6.45, 7) is 2.60. The van der Waals surface area contributed by atoms with E-state index in [1.165, 1.54) is 32.1 Å². The minimum absolute atomic E-state index is 0. The highest BCUT2D eigenvalue weighted by atomic mass is 127. The van der Waals surface area contributed by atoms with Gasteiger partial charge < -0.3 is 16.0 Å². The van der Waals surface area contributed by atoms with Crippen molar-refractivity contribution < 1.29 is 4.79 Å². The molecule has 26 heavy (non-hydrogen) atoms. The van der Waals surface area contributed by atoms with Gasteiger partial charge in [0, 0.05) is 50.3 Å².